The fourth-order valence-corrected chi connectivity index (χ4v) is 2.80. The van der Waals surface area contributed by atoms with Gasteiger partial charge in [0.15, 0.2) is 18.1 Å². The van der Waals surface area contributed by atoms with Crippen LogP contribution in [-0.2, 0) is 14.3 Å². The molecule has 2 N–H and O–H groups in total. The van der Waals surface area contributed by atoms with Crippen LogP contribution in [-0.4, -0.2) is 59.4 Å². The van der Waals surface area contributed by atoms with E-state index in [0.29, 0.717) is 22.2 Å². The first-order chi connectivity index (χ1) is 15.3. The van der Waals surface area contributed by atoms with E-state index in [-0.39, 0.29) is 17.1 Å². The molecule has 11 heteroatoms. The Labute approximate surface area is 189 Å². The van der Waals surface area contributed by atoms with Crippen molar-refractivity contribution in [2.75, 3.05) is 46.9 Å². The summed E-state index contributed by atoms with van der Waals surface area (Å²) in [5.74, 6) is -0.691. The Morgan fingerprint density at radius 2 is 1.50 bits per heavy atom. The molecule has 172 valence electrons. The number of nitrogens with one attached hydrogen (secondary N) is 2. The lowest BCUT2D eigenvalue weighted by Crippen LogP contribution is -2.32. The van der Waals surface area contributed by atoms with Gasteiger partial charge in [0.2, 0.25) is 5.75 Å². The molecule has 0 unspecified atom stereocenters. The average Bonchev–Trinajstić information content (AvgIpc) is 2.80. The third kappa shape index (κ3) is 6.42. The highest BCUT2D eigenvalue weighted by molar-refractivity contribution is 6.31. The summed E-state index contributed by atoms with van der Waals surface area (Å²) in [6, 6.07) is 7.56. The van der Waals surface area contributed by atoms with Gasteiger partial charge in [-0.3, -0.25) is 14.4 Å². The van der Waals surface area contributed by atoms with Crippen molar-refractivity contribution in [2.45, 2.75) is 0 Å². The van der Waals surface area contributed by atoms with Gasteiger partial charge in [0.25, 0.3) is 11.8 Å². The van der Waals surface area contributed by atoms with Gasteiger partial charge in [0.1, 0.15) is 12.3 Å². The predicted octanol–water partition coefficient (Wildman–Crippen LogP) is 2.29. The molecule has 0 atom stereocenters. The molecule has 0 aliphatic rings. The van der Waals surface area contributed by atoms with Gasteiger partial charge in [-0.2, -0.15) is 0 Å². The molecule has 0 spiro atoms. The summed E-state index contributed by atoms with van der Waals surface area (Å²) in [6.07, 6.45) is 0. The molecule has 2 amide bonds. The molecule has 2 rings (SSSR count). The van der Waals surface area contributed by atoms with Gasteiger partial charge >= 0.3 is 5.97 Å². The van der Waals surface area contributed by atoms with E-state index < -0.39 is 30.9 Å². The van der Waals surface area contributed by atoms with Crippen LogP contribution in [0.1, 0.15) is 10.4 Å². The third-order valence-electron chi connectivity index (χ3n) is 4.12. The number of ether oxygens (including phenoxy) is 5. The zero-order valence-corrected chi connectivity index (χ0v) is 18.7. The molecule has 2 aromatic carbocycles. The van der Waals surface area contributed by atoms with Crippen LogP contribution in [0.5, 0.6) is 23.0 Å². The summed E-state index contributed by atoms with van der Waals surface area (Å²) < 4.78 is 25.6. The number of methoxy groups -OCH3 is 4. The van der Waals surface area contributed by atoms with Crippen LogP contribution in [0.4, 0.5) is 5.69 Å². The van der Waals surface area contributed by atoms with Gasteiger partial charge in [-0.25, -0.2) is 0 Å². The van der Waals surface area contributed by atoms with Crippen LogP contribution in [0, 0.1) is 0 Å². The Morgan fingerprint density at radius 1 is 0.875 bits per heavy atom. The Morgan fingerprint density at radius 3 is 2.06 bits per heavy atom. The van der Waals surface area contributed by atoms with E-state index in [9.17, 15) is 14.4 Å². The number of hydrogen-bond acceptors (Lipinski definition) is 8. The summed E-state index contributed by atoms with van der Waals surface area (Å²) in [4.78, 5) is 36.4. The second kappa shape index (κ2) is 11.7. The first-order valence-corrected chi connectivity index (χ1v) is 9.58. The minimum atomic E-state index is -0.806. The molecule has 0 aromatic heterocycles. The van der Waals surface area contributed by atoms with Crippen molar-refractivity contribution in [3.8, 4) is 23.0 Å². The minimum Gasteiger partial charge on any atom is -0.495 e. The molecule has 0 aliphatic carbocycles. The number of rotatable bonds is 10. The van der Waals surface area contributed by atoms with Gasteiger partial charge in [0, 0.05) is 10.6 Å². The predicted molar refractivity (Wildman–Crippen MR) is 116 cm³/mol. The van der Waals surface area contributed by atoms with E-state index in [0.717, 1.165) is 0 Å². The van der Waals surface area contributed by atoms with Crippen LogP contribution in [0.2, 0.25) is 5.02 Å². The van der Waals surface area contributed by atoms with E-state index in [1.165, 1.54) is 46.6 Å². The van der Waals surface area contributed by atoms with E-state index in [1.807, 2.05) is 0 Å². The molecule has 0 heterocycles. The van der Waals surface area contributed by atoms with Gasteiger partial charge in [0.05, 0.1) is 34.1 Å². The van der Waals surface area contributed by atoms with Crippen LogP contribution < -0.4 is 29.6 Å². The minimum absolute atomic E-state index is 0.179. The highest BCUT2D eigenvalue weighted by Crippen LogP contribution is 2.38. The zero-order valence-electron chi connectivity index (χ0n) is 17.9. The quantitative estimate of drug-likeness (QED) is 0.511. The molecular weight excluding hydrogens is 444 g/mol. The first-order valence-electron chi connectivity index (χ1n) is 9.20. The standard InChI is InChI=1S/C21H23ClN2O8/c1-28-15-6-5-13(22)9-14(15)24-18(25)11-32-19(26)10-23-21(27)12-7-16(29-2)20(31-4)17(8-12)30-3/h5-9H,10-11H2,1-4H3,(H,23,27)(H,24,25). The van der Waals surface area contributed by atoms with Crippen LogP contribution in [0.3, 0.4) is 0 Å². The van der Waals surface area contributed by atoms with Crippen molar-refractivity contribution in [3.63, 3.8) is 0 Å². The molecule has 0 fully saturated rings. The number of amides is 2. The Kier molecular flexibility index (Phi) is 8.96. The highest BCUT2D eigenvalue weighted by atomic mass is 35.5. The number of carbonyl (C=O) groups is 3. The van der Waals surface area contributed by atoms with Crippen molar-refractivity contribution in [2.24, 2.45) is 0 Å². The van der Waals surface area contributed by atoms with Gasteiger partial charge in [-0.15, -0.1) is 0 Å². The summed E-state index contributed by atoms with van der Waals surface area (Å²) in [7, 11) is 5.71. The van der Waals surface area contributed by atoms with Crippen molar-refractivity contribution in [1.82, 2.24) is 5.32 Å². The summed E-state index contributed by atoms with van der Waals surface area (Å²) in [6.45, 7) is -1.02. The number of anilines is 1. The molecular formula is C21H23ClN2O8. The SMILES string of the molecule is COc1ccc(Cl)cc1NC(=O)COC(=O)CNC(=O)c1cc(OC)c(OC)c(OC)c1. The fraction of sp³-hybridized carbons (Fsp3) is 0.286. The average molecular weight is 467 g/mol. The van der Waals surface area contributed by atoms with E-state index >= 15 is 0 Å². The second-order valence-electron chi connectivity index (χ2n) is 6.15. The topological polar surface area (TPSA) is 121 Å². The molecule has 10 nitrogen and oxygen atoms in total. The zero-order chi connectivity index (χ0) is 23.7. The van der Waals surface area contributed by atoms with Crippen molar-refractivity contribution in [1.29, 1.82) is 0 Å². The number of halogens is 1. The fourth-order valence-electron chi connectivity index (χ4n) is 2.63. The van der Waals surface area contributed by atoms with Crippen LogP contribution in [0.15, 0.2) is 30.3 Å². The van der Waals surface area contributed by atoms with E-state index in [2.05, 4.69) is 10.6 Å². The van der Waals surface area contributed by atoms with Gasteiger partial charge in [-0.05, 0) is 30.3 Å². The largest absolute Gasteiger partial charge is 0.495 e. The number of carbonyl (C=O) groups excluding carboxylic acids is 3. The number of esters is 1. The van der Waals surface area contributed by atoms with Gasteiger partial charge < -0.3 is 34.3 Å². The van der Waals surface area contributed by atoms with Crippen molar-refractivity contribution < 1.29 is 38.1 Å². The molecule has 32 heavy (non-hydrogen) atoms. The third-order valence-corrected chi connectivity index (χ3v) is 4.36. The van der Waals surface area contributed by atoms with E-state index in [4.69, 9.17) is 35.3 Å². The summed E-state index contributed by atoms with van der Waals surface area (Å²) in [5.41, 5.74) is 0.509. The maximum Gasteiger partial charge on any atom is 0.325 e. The lowest BCUT2D eigenvalue weighted by atomic mass is 10.1. The Balaban J connectivity index is 1.90. The lowest BCUT2D eigenvalue weighted by Gasteiger charge is -2.14. The molecule has 0 aliphatic heterocycles. The van der Waals surface area contributed by atoms with Crippen molar-refractivity contribution >= 4 is 35.1 Å². The highest BCUT2D eigenvalue weighted by Gasteiger charge is 2.18. The summed E-state index contributed by atoms with van der Waals surface area (Å²) >= 11 is 5.91. The Bertz CT molecular complexity index is 971. The Hall–Kier alpha value is -3.66. The summed E-state index contributed by atoms with van der Waals surface area (Å²) in [5, 5.41) is 5.33. The number of benzene rings is 2. The normalized spacial score (nSPS) is 10.0. The van der Waals surface area contributed by atoms with Crippen molar-refractivity contribution in [3.05, 3.63) is 40.9 Å². The monoisotopic (exact) mass is 466 g/mol. The second-order valence-corrected chi connectivity index (χ2v) is 6.59. The molecule has 0 saturated carbocycles. The smallest absolute Gasteiger partial charge is 0.325 e. The van der Waals surface area contributed by atoms with Crippen LogP contribution >= 0.6 is 11.6 Å². The van der Waals surface area contributed by atoms with Crippen LogP contribution in [0.25, 0.3) is 0 Å². The lowest BCUT2D eigenvalue weighted by molar-refractivity contribution is -0.146. The van der Waals surface area contributed by atoms with Gasteiger partial charge in [-0.1, -0.05) is 11.6 Å². The maximum absolute atomic E-state index is 12.4. The first kappa shape index (κ1) is 24.6. The molecule has 0 saturated heterocycles. The number of hydrogen-bond donors (Lipinski definition) is 2. The molecule has 2 aromatic rings. The maximum atomic E-state index is 12.4. The molecule has 0 bridgehead atoms. The van der Waals surface area contributed by atoms with E-state index in [1.54, 1.807) is 12.1 Å². The molecule has 0 radical (unpaired) electrons.